The van der Waals surface area contributed by atoms with E-state index < -0.39 is 29.7 Å². The van der Waals surface area contributed by atoms with Crippen LogP contribution in [0.2, 0.25) is 0 Å². The van der Waals surface area contributed by atoms with Gasteiger partial charge in [-0.05, 0) is 18.1 Å². The molecule has 2 aromatic heterocycles. The molecule has 0 saturated heterocycles. The van der Waals surface area contributed by atoms with E-state index in [2.05, 4.69) is 15.0 Å². The molecule has 2 rings (SSSR count). The predicted molar refractivity (Wildman–Crippen MR) is 88.2 cm³/mol. The molecule has 8 nitrogen and oxygen atoms in total. The number of aromatic nitrogens is 3. The van der Waals surface area contributed by atoms with E-state index in [4.69, 9.17) is 4.74 Å². The molecule has 0 fully saturated rings. The number of carbonyl (C=O) groups is 2. The summed E-state index contributed by atoms with van der Waals surface area (Å²) in [7, 11) is 1.36. The van der Waals surface area contributed by atoms with Crippen LogP contribution in [-0.4, -0.2) is 44.2 Å². The van der Waals surface area contributed by atoms with Gasteiger partial charge in [-0.1, -0.05) is 19.9 Å². The van der Waals surface area contributed by atoms with Crippen molar-refractivity contribution in [2.24, 2.45) is 5.92 Å². The average molecular weight is 345 g/mol. The zero-order chi connectivity index (χ0) is 18.6. The molecule has 0 aliphatic carbocycles. The lowest BCUT2D eigenvalue weighted by molar-refractivity contribution is -0.152. The van der Waals surface area contributed by atoms with Gasteiger partial charge in [-0.3, -0.25) is 14.6 Å². The van der Waals surface area contributed by atoms with Crippen LogP contribution in [0, 0.1) is 5.92 Å². The van der Waals surface area contributed by atoms with Crippen LogP contribution in [0.15, 0.2) is 30.6 Å². The highest BCUT2D eigenvalue weighted by atomic mass is 16.5. The van der Waals surface area contributed by atoms with Crippen molar-refractivity contribution in [3.63, 3.8) is 0 Å². The van der Waals surface area contributed by atoms with E-state index in [0.717, 1.165) is 0 Å². The molecule has 132 valence electrons. The maximum Gasteiger partial charge on any atom is 0.316 e. The Morgan fingerprint density at radius 3 is 2.44 bits per heavy atom. The number of hydrogen-bond acceptors (Lipinski definition) is 6. The summed E-state index contributed by atoms with van der Waals surface area (Å²) in [4.78, 5) is 36.2. The molecule has 1 unspecified atom stereocenters. The molecule has 0 spiro atoms. The van der Waals surface area contributed by atoms with Crippen LogP contribution in [-0.2, 0) is 15.0 Å². The molecular weight excluding hydrogens is 326 g/mol. The Labute approximate surface area is 144 Å². The molecule has 0 saturated carbocycles. The van der Waals surface area contributed by atoms with E-state index in [-0.39, 0.29) is 17.3 Å². The third kappa shape index (κ3) is 3.42. The number of carboxylic acid groups (broad SMARTS) is 2. The monoisotopic (exact) mass is 345 g/mol. The number of hydrogen-bond donors (Lipinski definition) is 2. The van der Waals surface area contributed by atoms with E-state index in [1.54, 1.807) is 38.2 Å². The van der Waals surface area contributed by atoms with E-state index in [1.807, 2.05) is 0 Å². The summed E-state index contributed by atoms with van der Waals surface area (Å²) in [5.41, 5.74) is -1.29. The first-order chi connectivity index (χ1) is 11.8. The first kappa shape index (κ1) is 18.3. The van der Waals surface area contributed by atoms with Gasteiger partial charge in [0, 0.05) is 6.20 Å². The van der Waals surface area contributed by atoms with Crippen molar-refractivity contribution >= 4 is 11.9 Å². The minimum atomic E-state index is -1.76. The van der Waals surface area contributed by atoms with E-state index in [9.17, 15) is 19.8 Å². The number of carboxylic acids is 2. The summed E-state index contributed by atoms with van der Waals surface area (Å²) < 4.78 is 5.22. The van der Waals surface area contributed by atoms with Gasteiger partial charge in [-0.25, -0.2) is 9.97 Å². The highest BCUT2D eigenvalue weighted by Crippen LogP contribution is 2.40. The van der Waals surface area contributed by atoms with Gasteiger partial charge in [0.15, 0.2) is 11.6 Å². The molecule has 2 heterocycles. The molecule has 0 bridgehead atoms. The Hall–Kier alpha value is -3.03. The summed E-state index contributed by atoms with van der Waals surface area (Å²) in [6.07, 6.45) is 2.27. The second-order valence-electron chi connectivity index (χ2n) is 5.83. The van der Waals surface area contributed by atoms with Crippen molar-refractivity contribution in [1.29, 1.82) is 0 Å². The lowest BCUT2D eigenvalue weighted by Crippen LogP contribution is -2.44. The molecule has 1 atom stereocenters. The first-order valence-electron chi connectivity index (χ1n) is 7.61. The fourth-order valence-corrected chi connectivity index (χ4v) is 2.68. The molecule has 25 heavy (non-hydrogen) atoms. The summed E-state index contributed by atoms with van der Waals surface area (Å²) in [6.45, 7) is 3.28. The summed E-state index contributed by atoms with van der Waals surface area (Å²) in [6, 6.07) is 5.16. The topological polar surface area (TPSA) is 123 Å². The fraction of sp³-hybridized carbons (Fsp3) is 0.353. The lowest BCUT2D eigenvalue weighted by atomic mass is 9.71. The quantitative estimate of drug-likeness (QED) is 0.781. The molecule has 0 aliphatic heterocycles. The second kappa shape index (κ2) is 7.25. The van der Waals surface area contributed by atoms with Crippen LogP contribution in [0.5, 0.6) is 5.75 Å². The van der Waals surface area contributed by atoms with Gasteiger partial charge < -0.3 is 14.9 Å². The Kier molecular flexibility index (Phi) is 5.31. The largest absolute Gasteiger partial charge is 0.493 e. The van der Waals surface area contributed by atoms with Gasteiger partial charge >= 0.3 is 11.9 Å². The van der Waals surface area contributed by atoms with Gasteiger partial charge in [-0.15, -0.1) is 0 Å². The van der Waals surface area contributed by atoms with Crippen molar-refractivity contribution in [2.45, 2.75) is 25.7 Å². The molecule has 0 radical (unpaired) electrons. The van der Waals surface area contributed by atoms with Crippen molar-refractivity contribution in [2.75, 3.05) is 7.11 Å². The highest BCUT2D eigenvalue weighted by Gasteiger charge is 2.49. The van der Waals surface area contributed by atoms with Gasteiger partial charge in [0.25, 0.3) is 0 Å². The Morgan fingerprint density at radius 2 is 1.96 bits per heavy atom. The van der Waals surface area contributed by atoms with E-state index >= 15 is 0 Å². The number of aliphatic carboxylic acids is 2. The van der Waals surface area contributed by atoms with E-state index in [1.165, 1.54) is 13.3 Å². The second-order valence-corrected chi connectivity index (χ2v) is 5.83. The van der Waals surface area contributed by atoms with Crippen molar-refractivity contribution < 1.29 is 24.5 Å². The molecule has 8 heteroatoms. The number of rotatable bonds is 7. The highest BCUT2D eigenvalue weighted by molar-refractivity contribution is 5.87. The van der Waals surface area contributed by atoms with Crippen LogP contribution in [0.3, 0.4) is 0 Å². The number of ether oxygens (including phenoxy) is 1. The van der Waals surface area contributed by atoms with Crippen LogP contribution in [0.1, 0.15) is 26.0 Å². The zero-order valence-corrected chi connectivity index (χ0v) is 14.1. The normalized spacial score (nSPS) is 13.3. The SMILES string of the molecule is COc1cnc(-c2ccccn2)nc1C(CC(=O)O)(C(=O)O)C(C)C. The van der Waals surface area contributed by atoms with Crippen molar-refractivity contribution in [3.05, 3.63) is 36.3 Å². The number of nitrogens with zero attached hydrogens (tertiary/aromatic N) is 3. The van der Waals surface area contributed by atoms with Crippen LogP contribution in [0.25, 0.3) is 11.5 Å². The molecule has 2 N–H and O–H groups in total. The van der Waals surface area contributed by atoms with Crippen molar-refractivity contribution in [3.8, 4) is 17.3 Å². The third-order valence-electron chi connectivity index (χ3n) is 4.09. The minimum Gasteiger partial charge on any atom is -0.493 e. The minimum absolute atomic E-state index is 0.0237. The predicted octanol–water partition coefficient (Wildman–Crippen LogP) is 2.00. The molecule has 0 aliphatic rings. The number of pyridine rings is 1. The Bertz CT molecular complexity index is 779. The summed E-state index contributed by atoms with van der Waals surface area (Å²) in [5.74, 6) is -2.75. The van der Waals surface area contributed by atoms with Crippen molar-refractivity contribution in [1.82, 2.24) is 15.0 Å². The van der Waals surface area contributed by atoms with Gasteiger partial charge in [0.1, 0.15) is 16.8 Å². The summed E-state index contributed by atoms with van der Waals surface area (Å²) in [5, 5.41) is 19.2. The standard InChI is InChI=1S/C17H19N3O5/c1-10(2)17(16(23)24,8-13(21)22)14-12(25-3)9-19-15(20-14)11-6-4-5-7-18-11/h4-7,9-10H,8H2,1-3H3,(H,21,22)(H,23,24). The maximum atomic E-state index is 12.1. The maximum absolute atomic E-state index is 12.1. The Balaban J connectivity index is 2.75. The first-order valence-corrected chi connectivity index (χ1v) is 7.61. The van der Waals surface area contributed by atoms with E-state index in [0.29, 0.717) is 5.69 Å². The zero-order valence-electron chi connectivity index (χ0n) is 14.1. The van der Waals surface area contributed by atoms with Crippen LogP contribution < -0.4 is 4.74 Å². The molecular formula is C17H19N3O5. The smallest absolute Gasteiger partial charge is 0.316 e. The summed E-state index contributed by atoms with van der Waals surface area (Å²) >= 11 is 0. The van der Waals surface area contributed by atoms with Gasteiger partial charge in [-0.2, -0.15) is 0 Å². The number of methoxy groups -OCH3 is 1. The van der Waals surface area contributed by atoms with Gasteiger partial charge in [0.05, 0.1) is 19.7 Å². The van der Waals surface area contributed by atoms with Gasteiger partial charge in [0.2, 0.25) is 0 Å². The van der Waals surface area contributed by atoms with Crippen LogP contribution >= 0.6 is 0 Å². The fourth-order valence-electron chi connectivity index (χ4n) is 2.68. The molecule has 2 aromatic rings. The lowest BCUT2D eigenvalue weighted by Gasteiger charge is -2.32. The molecule has 0 amide bonds. The molecule has 0 aromatic carbocycles. The average Bonchev–Trinajstić information content (AvgIpc) is 2.59. The van der Waals surface area contributed by atoms with Crippen LogP contribution in [0.4, 0.5) is 0 Å². The Morgan fingerprint density at radius 1 is 1.24 bits per heavy atom. The third-order valence-corrected chi connectivity index (χ3v) is 4.09.